The third kappa shape index (κ3) is 16.8. The number of nitrogens with two attached hydrogens (primary N) is 2. The normalized spacial score (nSPS) is 10.5. The maximum Gasteiger partial charge on any atom is 0.253 e. The maximum atomic E-state index is 15.1. The van der Waals surface area contributed by atoms with Crippen molar-refractivity contribution in [2.75, 3.05) is 65.9 Å². The predicted octanol–water partition coefficient (Wildman–Crippen LogP) is 6.43. The first-order valence-corrected chi connectivity index (χ1v) is 18.6. The second-order valence-corrected chi connectivity index (χ2v) is 12.1. The lowest BCUT2D eigenvalue weighted by atomic mass is 9.92. The molecule has 0 aliphatic rings. The van der Waals surface area contributed by atoms with Gasteiger partial charge in [-0.2, -0.15) is 0 Å². The van der Waals surface area contributed by atoms with Crippen LogP contribution in [-0.2, 0) is 30.2 Å². The Morgan fingerprint density at radius 2 is 1.33 bits per heavy atom. The lowest BCUT2D eigenvalue weighted by Crippen LogP contribution is -2.28. The zero-order valence-electron chi connectivity index (χ0n) is 31.8. The van der Waals surface area contributed by atoms with E-state index in [1.807, 2.05) is 56.3 Å². The van der Waals surface area contributed by atoms with Gasteiger partial charge in [-0.15, -0.1) is 0 Å². The SMILES string of the molecule is CC.Cc1c(F)ccc(F)c1-c1c(C(=O)NCCC(N)=O)c[nH]c1C(=O)c1ccc(CCCOCCOCCOCCOCCN)cc1.Clc1ccccc1. The number of aromatic nitrogens is 1. The Morgan fingerprint density at radius 3 is 1.87 bits per heavy atom. The number of primary amides is 1. The molecule has 14 heteroatoms. The highest BCUT2D eigenvalue weighted by molar-refractivity contribution is 6.30. The van der Waals surface area contributed by atoms with E-state index in [-0.39, 0.29) is 40.9 Å². The van der Waals surface area contributed by atoms with Crippen LogP contribution in [-0.4, -0.2) is 88.5 Å². The van der Waals surface area contributed by atoms with E-state index in [2.05, 4.69) is 10.3 Å². The summed E-state index contributed by atoms with van der Waals surface area (Å²) in [5.74, 6) is -3.28. The molecule has 0 bridgehead atoms. The van der Waals surface area contributed by atoms with E-state index in [1.54, 1.807) is 12.1 Å². The summed E-state index contributed by atoms with van der Waals surface area (Å²) in [6.45, 7) is 9.73. The number of rotatable bonds is 22. The molecule has 300 valence electrons. The molecule has 0 fully saturated rings. The van der Waals surface area contributed by atoms with Gasteiger partial charge < -0.3 is 40.7 Å². The molecule has 1 aromatic heterocycles. The number of hydrogen-bond acceptors (Lipinski definition) is 8. The van der Waals surface area contributed by atoms with E-state index < -0.39 is 29.2 Å². The standard InChI is InChI=1S/C33H42F2N4O7.C6H5Cl.C2H6/c1-22-26(34)8-9-27(35)29(22)30-25(33(42)38-12-10-28(37)40)21-39-31(30)32(41)24-6-4-23(5-7-24)3-2-13-43-15-17-45-19-20-46-18-16-44-14-11-36;7-6-4-2-1-3-5-6;1-2/h4-9,21,39H,2-3,10-20,36H2,1H3,(H2,37,40)(H,38,42);1-5H;1-2H3. The van der Waals surface area contributed by atoms with Crippen LogP contribution >= 0.6 is 11.6 Å². The van der Waals surface area contributed by atoms with Crippen LogP contribution in [0.15, 0.2) is 72.9 Å². The minimum Gasteiger partial charge on any atom is -0.379 e. The van der Waals surface area contributed by atoms with Gasteiger partial charge in [-0.1, -0.05) is 67.9 Å². The van der Waals surface area contributed by atoms with Crippen molar-refractivity contribution in [2.24, 2.45) is 11.5 Å². The number of carbonyl (C=O) groups is 3. The summed E-state index contributed by atoms with van der Waals surface area (Å²) in [5.41, 5.74) is 11.3. The van der Waals surface area contributed by atoms with Crippen LogP contribution in [0.4, 0.5) is 8.78 Å². The average Bonchev–Trinajstić information content (AvgIpc) is 3.62. The Hall–Kier alpha value is -4.50. The molecule has 0 aliphatic carbocycles. The van der Waals surface area contributed by atoms with Gasteiger partial charge in [-0.3, -0.25) is 14.4 Å². The molecule has 0 atom stereocenters. The van der Waals surface area contributed by atoms with Gasteiger partial charge in [0.1, 0.15) is 11.6 Å². The number of carbonyl (C=O) groups excluding carboxylic acids is 3. The molecule has 0 spiro atoms. The Kier molecular flexibility index (Phi) is 23.0. The van der Waals surface area contributed by atoms with Crippen LogP contribution in [0.25, 0.3) is 11.1 Å². The van der Waals surface area contributed by atoms with Crippen molar-refractivity contribution in [1.29, 1.82) is 0 Å². The van der Waals surface area contributed by atoms with Crippen molar-refractivity contribution in [2.45, 2.75) is 40.0 Å². The highest BCUT2D eigenvalue weighted by atomic mass is 35.5. The summed E-state index contributed by atoms with van der Waals surface area (Å²) < 4.78 is 51.3. The highest BCUT2D eigenvalue weighted by Gasteiger charge is 2.27. The van der Waals surface area contributed by atoms with Crippen LogP contribution in [0.5, 0.6) is 0 Å². The third-order valence-corrected chi connectivity index (χ3v) is 7.94. The van der Waals surface area contributed by atoms with Crippen LogP contribution < -0.4 is 16.8 Å². The van der Waals surface area contributed by atoms with Crippen molar-refractivity contribution in [1.82, 2.24) is 10.3 Å². The second-order valence-electron chi connectivity index (χ2n) is 11.6. The fourth-order valence-corrected chi connectivity index (χ4v) is 5.15. The molecule has 4 rings (SSSR count). The molecule has 2 amide bonds. The Labute approximate surface area is 327 Å². The first kappa shape index (κ1) is 46.7. The zero-order valence-corrected chi connectivity index (χ0v) is 32.5. The quantitative estimate of drug-likeness (QED) is 0.0523. The maximum absolute atomic E-state index is 15.1. The van der Waals surface area contributed by atoms with Crippen molar-refractivity contribution >= 4 is 29.2 Å². The monoisotopic (exact) mass is 786 g/mol. The largest absolute Gasteiger partial charge is 0.379 e. The number of nitrogens with one attached hydrogen (secondary N) is 2. The lowest BCUT2D eigenvalue weighted by Gasteiger charge is -2.13. The summed E-state index contributed by atoms with van der Waals surface area (Å²) in [4.78, 5) is 40.5. The molecule has 6 N–H and O–H groups in total. The van der Waals surface area contributed by atoms with Gasteiger partial charge in [0, 0.05) is 54.0 Å². The summed E-state index contributed by atoms with van der Waals surface area (Å²) in [7, 11) is 0. The van der Waals surface area contributed by atoms with Crippen LogP contribution in [0.2, 0.25) is 5.02 Å². The van der Waals surface area contributed by atoms with Crippen LogP contribution in [0.1, 0.15) is 64.2 Å². The van der Waals surface area contributed by atoms with Gasteiger partial charge in [0.2, 0.25) is 11.7 Å². The predicted molar refractivity (Wildman–Crippen MR) is 210 cm³/mol. The van der Waals surface area contributed by atoms with E-state index in [0.29, 0.717) is 71.4 Å². The zero-order chi connectivity index (χ0) is 40.4. The molecule has 3 aromatic carbocycles. The summed E-state index contributed by atoms with van der Waals surface area (Å²) in [6.07, 6.45) is 2.63. The topological polar surface area (TPSA) is 168 Å². The first-order chi connectivity index (χ1) is 26.6. The minimum atomic E-state index is -0.794. The number of benzene rings is 3. The van der Waals surface area contributed by atoms with Crippen molar-refractivity contribution < 1.29 is 42.1 Å². The lowest BCUT2D eigenvalue weighted by molar-refractivity contribution is -0.117. The third-order valence-electron chi connectivity index (χ3n) is 7.69. The van der Waals surface area contributed by atoms with Gasteiger partial charge in [0.15, 0.2) is 0 Å². The second kappa shape index (κ2) is 27.1. The van der Waals surface area contributed by atoms with Gasteiger partial charge in [0.25, 0.3) is 5.91 Å². The fourth-order valence-electron chi connectivity index (χ4n) is 5.00. The number of H-pyrrole nitrogens is 1. The molecule has 11 nitrogen and oxygen atoms in total. The Morgan fingerprint density at radius 1 is 0.764 bits per heavy atom. The van der Waals surface area contributed by atoms with Crippen molar-refractivity contribution in [3.05, 3.63) is 118 Å². The molecule has 0 unspecified atom stereocenters. The van der Waals surface area contributed by atoms with E-state index in [9.17, 15) is 18.8 Å². The molecule has 0 radical (unpaired) electrons. The Bertz CT molecular complexity index is 1720. The molecule has 0 saturated heterocycles. The van der Waals surface area contributed by atoms with E-state index in [0.717, 1.165) is 29.1 Å². The Balaban J connectivity index is 0.00000103. The molecular weight excluding hydrogens is 734 g/mol. The van der Waals surface area contributed by atoms with E-state index in [4.69, 9.17) is 42.0 Å². The summed E-state index contributed by atoms with van der Waals surface area (Å²) >= 11 is 5.54. The molecule has 4 aromatic rings. The molecule has 1 heterocycles. The summed E-state index contributed by atoms with van der Waals surface area (Å²) in [5, 5.41) is 3.32. The van der Waals surface area contributed by atoms with Crippen molar-refractivity contribution in [3.8, 4) is 11.1 Å². The average molecular weight is 787 g/mol. The van der Waals surface area contributed by atoms with Gasteiger partial charge in [-0.25, -0.2) is 8.78 Å². The van der Waals surface area contributed by atoms with Gasteiger partial charge in [0.05, 0.1) is 57.5 Å². The first-order valence-electron chi connectivity index (χ1n) is 18.2. The molecule has 55 heavy (non-hydrogen) atoms. The van der Waals surface area contributed by atoms with Crippen LogP contribution in [0.3, 0.4) is 0 Å². The number of halogens is 3. The van der Waals surface area contributed by atoms with Gasteiger partial charge >= 0.3 is 0 Å². The van der Waals surface area contributed by atoms with Gasteiger partial charge in [-0.05, 0) is 55.2 Å². The van der Waals surface area contributed by atoms with Crippen molar-refractivity contribution in [3.63, 3.8) is 0 Å². The number of aromatic amines is 1. The minimum absolute atomic E-state index is 0.0572. The number of amides is 2. The number of aryl methyl sites for hydroxylation is 1. The summed E-state index contributed by atoms with van der Waals surface area (Å²) in [6, 6.07) is 18.3. The van der Waals surface area contributed by atoms with E-state index in [1.165, 1.54) is 13.1 Å². The molecule has 0 aliphatic heterocycles. The molecular formula is C41H53ClF2N4O7. The smallest absolute Gasteiger partial charge is 0.253 e. The number of ether oxygens (including phenoxy) is 4. The molecule has 0 saturated carbocycles. The highest BCUT2D eigenvalue weighted by Crippen LogP contribution is 2.35. The van der Waals surface area contributed by atoms with E-state index >= 15 is 4.39 Å². The fraction of sp³-hybridized carbons (Fsp3) is 0.390. The number of ketones is 1. The number of hydrogen-bond donors (Lipinski definition) is 4. The van der Waals surface area contributed by atoms with Crippen LogP contribution in [0, 0.1) is 18.6 Å².